The van der Waals surface area contributed by atoms with Crippen LogP contribution >= 0.6 is 0 Å². The largest absolute Gasteiger partial charge is 0.507 e. The first-order chi connectivity index (χ1) is 10.9. The lowest BCUT2D eigenvalue weighted by Gasteiger charge is -2.14. The maximum absolute atomic E-state index is 10.1. The molecule has 0 radical (unpaired) electrons. The zero-order valence-corrected chi connectivity index (χ0v) is 14.7. The molecule has 0 aliphatic carbocycles. The lowest BCUT2D eigenvalue weighted by atomic mass is 10.1. The Morgan fingerprint density at radius 1 is 0.957 bits per heavy atom. The van der Waals surface area contributed by atoms with Crippen LogP contribution in [0.3, 0.4) is 0 Å². The second kappa shape index (κ2) is 6.05. The van der Waals surface area contributed by atoms with E-state index in [1.165, 1.54) is 0 Å². The normalized spacial score (nSPS) is 11.6. The molecule has 118 valence electrons. The predicted molar refractivity (Wildman–Crippen MR) is 96.1 cm³/mol. The van der Waals surface area contributed by atoms with Crippen molar-refractivity contribution >= 4 is 8.07 Å². The summed E-state index contributed by atoms with van der Waals surface area (Å²) in [7, 11) is -1.36. The first kappa shape index (κ1) is 15.6. The Bertz CT molecular complexity index is 804. The highest BCUT2D eigenvalue weighted by Crippen LogP contribution is 2.34. The van der Waals surface area contributed by atoms with Crippen molar-refractivity contribution in [3.05, 3.63) is 60.4 Å². The number of phenolic OH excluding ortho intramolecular Hbond substituents is 1. The number of aromatic nitrogens is 1. The van der Waals surface area contributed by atoms with Crippen LogP contribution in [0.4, 0.5) is 0 Å². The van der Waals surface area contributed by atoms with E-state index in [-0.39, 0.29) is 5.75 Å². The molecule has 4 heteroatoms. The van der Waals surface area contributed by atoms with E-state index in [9.17, 15) is 5.11 Å². The molecule has 0 aliphatic rings. The number of hydrogen-bond donors (Lipinski definition) is 1. The monoisotopic (exact) mass is 323 g/mol. The zero-order valence-electron chi connectivity index (χ0n) is 13.7. The molecule has 1 aromatic heterocycles. The van der Waals surface area contributed by atoms with Gasteiger partial charge in [-0.25, -0.2) is 4.98 Å². The molecule has 0 saturated carbocycles. The molecular formula is C19H21NO2Si. The van der Waals surface area contributed by atoms with Crippen LogP contribution in [0.5, 0.6) is 5.75 Å². The summed E-state index contributed by atoms with van der Waals surface area (Å²) in [6, 6.07) is 18.1. The van der Waals surface area contributed by atoms with Gasteiger partial charge in [-0.05, 0) is 12.1 Å². The molecule has 3 aromatic rings. The third-order valence-electron chi connectivity index (χ3n) is 3.57. The standard InChI is InChI=1S/C19H21NO2Si/c1-23(2,3)13-17-18(14-9-5-4-6-10-14)20-19(22-17)15-11-7-8-12-16(15)21/h4-12,21H,13H2,1-3H3. The Labute approximate surface area is 137 Å². The Hall–Kier alpha value is -2.33. The van der Waals surface area contributed by atoms with Gasteiger partial charge in [0.25, 0.3) is 0 Å². The van der Waals surface area contributed by atoms with Gasteiger partial charge in [0.2, 0.25) is 5.89 Å². The molecule has 0 atom stereocenters. The molecule has 0 fully saturated rings. The molecule has 1 heterocycles. The number of para-hydroxylation sites is 1. The van der Waals surface area contributed by atoms with Crippen molar-refractivity contribution in [1.82, 2.24) is 4.98 Å². The molecule has 0 bridgehead atoms. The Morgan fingerprint density at radius 2 is 1.61 bits per heavy atom. The van der Waals surface area contributed by atoms with Crippen LogP contribution in [0.1, 0.15) is 5.76 Å². The van der Waals surface area contributed by atoms with E-state index in [1.54, 1.807) is 12.1 Å². The van der Waals surface area contributed by atoms with Crippen molar-refractivity contribution in [3.63, 3.8) is 0 Å². The Balaban J connectivity index is 2.12. The maximum atomic E-state index is 10.1. The number of rotatable bonds is 4. The average molecular weight is 323 g/mol. The van der Waals surface area contributed by atoms with E-state index in [0.29, 0.717) is 11.5 Å². The van der Waals surface area contributed by atoms with Crippen LogP contribution in [0.2, 0.25) is 19.6 Å². The molecule has 0 amide bonds. The van der Waals surface area contributed by atoms with Gasteiger partial charge in [0, 0.05) is 11.6 Å². The molecule has 23 heavy (non-hydrogen) atoms. The molecule has 3 nitrogen and oxygen atoms in total. The minimum atomic E-state index is -1.36. The second-order valence-electron chi connectivity index (χ2n) is 6.91. The lowest BCUT2D eigenvalue weighted by Crippen LogP contribution is -2.23. The van der Waals surface area contributed by atoms with Gasteiger partial charge in [0.15, 0.2) is 0 Å². The summed E-state index contributed by atoms with van der Waals surface area (Å²) in [4.78, 5) is 4.69. The van der Waals surface area contributed by atoms with E-state index in [1.807, 2.05) is 42.5 Å². The minimum absolute atomic E-state index is 0.188. The van der Waals surface area contributed by atoms with Gasteiger partial charge in [0.1, 0.15) is 17.2 Å². The number of nitrogens with zero attached hydrogens (tertiary/aromatic N) is 1. The molecule has 0 unspecified atom stereocenters. The molecule has 0 saturated heterocycles. The SMILES string of the molecule is C[Si](C)(C)Cc1oc(-c2ccccc2O)nc1-c1ccccc1. The summed E-state index contributed by atoms with van der Waals surface area (Å²) in [5.74, 6) is 1.58. The minimum Gasteiger partial charge on any atom is -0.507 e. The van der Waals surface area contributed by atoms with Crippen molar-refractivity contribution in [3.8, 4) is 28.5 Å². The van der Waals surface area contributed by atoms with E-state index in [2.05, 4.69) is 19.6 Å². The highest BCUT2D eigenvalue weighted by molar-refractivity contribution is 6.75. The quantitative estimate of drug-likeness (QED) is 0.677. The van der Waals surface area contributed by atoms with Crippen molar-refractivity contribution in [2.24, 2.45) is 0 Å². The van der Waals surface area contributed by atoms with Crippen molar-refractivity contribution < 1.29 is 9.52 Å². The third kappa shape index (κ3) is 3.54. The molecule has 0 spiro atoms. The van der Waals surface area contributed by atoms with Crippen molar-refractivity contribution in [2.45, 2.75) is 25.7 Å². The summed E-state index contributed by atoms with van der Waals surface area (Å²) in [5.41, 5.74) is 2.56. The number of benzene rings is 2. The van der Waals surface area contributed by atoms with Gasteiger partial charge in [0.05, 0.1) is 13.6 Å². The number of phenols is 1. The lowest BCUT2D eigenvalue weighted by molar-refractivity contribution is 0.471. The molecule has 1 N–H and O–H groups in total. The van der Waals surface area contributed by atoms with E-state index < -0.39 is 8.07 Å². The first-order valence-electron chi connectivity index (χ1n) is 7.77. The van der Waals surface area contributed by atoms with Crippen LogP contribution in [0.15, 0.2) is 59.0 Å². The summed E-state index contributed by atoms with van der Waals surface area (Å²) >= 11 is 0. The van der Waals surface area contributed by atoms with Gasteiger partial charge in [-0.2, -0.15) is 0 Å². The van der Waals surface area contributed by atoms with Crippen LogP contribution in [0, 0.1) is 0 Å². The van der Waals surface area contributed by atoms with Crippen LogP contribution < -0.4 is 0 Å². The van der Waals surface area contributed by atoms with Gasteiger partial charge >= 0.3 is 0 Å². The first-order valence-corrected chi connectivity index (χ1v) is 11.5. The fourth-order valence-corrected chi connectivity index (χ4v) is 3.75. The maximum Gasteiger partial charge on any atom is 0.230 e. The number of aromatic hydroxyl groups is 1. The highest BCUT2D eigenvalue weighted by atomic mass is 28.3. The summed E-state index contributed by atoms with van der Waals surface area (Å²) in [6.45, 7) is 6.93. The molecule has 2 aromatic carbocycles. The van der Waals surface area contributed by atoms with Crippen LogP contribution in [-0.2, 0) is 6.04 Å². The van der Waals surface area contributed by atoms with E-state index in [4.69, 9.17) is 9.40 Å². The topological polar surface area (TPSA) is 46.3 Å². The van der Waals surface area contributed by atoms with Crippen LogP contribution in [0.25, 0.3) is 22.7 Å². The van der Waals surface area contributed by atoms with Gasteiger partial charge < -0.3 is 9.52 Å². The zero-order chi connectivity index (χ0) is 16.4. The fraction of sp³-hybridized carbons (Fsp3) is 0.211. The fourth-order valence-electron chi connectivity index (χ4n) is 2.54. The second-order valence-corrected chi connectivity index (χ2v) is 12.4. The number of oxazole rings is 1. The predicted octanol–water partition coefficient (Wildman–Crippen LogP) is 5.13. The van der Waals surface area contributed by atoms with Gasteiger partial charge in [-0.3, -0.25) is 0 Å². The highest BCUT2D eigenvalue weighted by Gasteiger charge is 2.23. The third-order valence-corrected chi connectivity index (χ3v) is 4.95. The Kier molecular flexibility index (Phi) is 4.09. The van der Waals surface area contributed by atoms with Crippen molar-refractivity contribution in [2.75, 3.05) is 0 Å². The smallest absolute Gasteiger partial charge is 0.230 e. The van der Waals surface area contributed by atoms with Crippen LogP contribution in [-0.4, -0.2) is 18.2 Å². The van der Waals surface area contributed by atoms with Crippen molar-refractivity contribution in [1.29, 1.82) is 0 Å². The summed E-state index contributed by atoms with van der Waals surface area (Å²) < 4.78 is 6.08. The Morgan fingerprint density at radius 3 is 2.26 bits per heavy atom. The number of hydrogen-bond acceptors (Lipinski definition) is 3. The summed E-state index contributed by atoms with van der Waals surface area (Å²) in [5, 5.41) is 10.1. The van der Waals surface area contributed by atoms with E-state index in [0.717, 1.165) is 23.1 Å². The van der Waals surface area contributed by atoms with Gasteiger partial charge in [-0.15, -0.1) is 0 Å². The van der Waals surface area contributed by atoms with Gasteiger partial charge in [-0.1, -0.05) is 62.1 Å². The molecular weight excluding hydrogens is 302 g/mol. The molecule has 0 aliphatic heterocycles. The van der Waals surface area contributed by atoms with E-state index >= 15 is 0 Å². The molecule has 3 rings (SSSR count). The average Bonchev–Trinajstić information content (AvgIpc) is 2.90. The summed E-state index contributed by atoms with van der Waals surface area (Å²) in [6.07, 6.45) is 0.